The number of carbonyl (C=O) groups is 1. The van der Waals surface area contributed by atoms with Crippen LogP contribution in [0.4, 0.5) is 0 Å². The molecule has 1 radical (unpaired) electrons. The minimum atomic E-state index is -0.663. The van der Waals surface area contributed by atoms with Crippen molar-refractivity contribution in [2.45, 2.75) is 6.92 Å². The molecule has 1 heterocycles. The van der Waals surface area contributed by atoms with Crippen molar-refractivity contribution in [2.24, 2.45) is 7.05 Å². The standard InChI is InChI=1S/C8H8ClN2O3.Re/c1-3-14-8(13)7-5(9)4-6(12)11(2)10-7;/h3H2,1-2H3;/q-1;. The number of halogens is 1. The van der Waals surface area contributed by atoms with Crippen molar-refractivity contribution in [2.75, 3.05) is 6.61 Å². The molecule has 0 saturated heterocycles. The monoisotopic (exact) mass is 402 g/mol. The molecule has 1 aromatic rings. The van der Waals surface area contributed by atoms with Crippen LogP contribution in [-0.4, -0.2) is 22.4 Å². The molecule has 0 saturated carbocycles. The zero-order valence-corrected chi connectivity index (χ0v) is 11.6. The first-order chi connectivity index (χ1) is 6.56. The molecule has 0 N–H and O–H groups in total. The second-order valence-electron chi connectivity index (χ2n) is 2.44. The third kappa shape index (κ3) is 3.42. The van der Waals surface area contributed by atoms with E-state index in [9.17, 15) is 9.59 Å². The van der Waals surface area contributed by atoms with Crippen LogP contribution in [-0.2, 0) is 32.2 Å². The summed E-state index contributed by atoms with van der Waals surface area (Å²) in [6.45, 7) is 1.89. The molecule has 0 aliphatic rings. The van der Waals surface area contributed by atoms with Crippen molar-refractivity contribution < 1.29 is 30.0 Å². The molecular weight excluding hydrogens is 394 g/mol. The van der Waals surface area contributed by atoms with Gasteiger partial charge in [-0.15, -0.1) is 11.6 Å². The van der Waals surface area contributed by atoms with E-state index in [1.165, 1.54) is 7.05 Å². The summed E-state index contributed by atoms with van der Waals surface area (Å²) in [6.07, 6.45) is 0. The maximum atomic E-state index is 11.2. The number of ether oxygens (including phenoxy) is 1. The molecule has 0 spiro atoms. The Labute approximate surface area is 105 Å². The van der Waals surface area contributed by atoms with Gasteiger partial charge < -0.3 is 4.74 Å². The van der Waals surface area contributed by atoms with Crippen molar-refractivity contribution in [3.8, 4) is 0 Å². The Morgan fingerprint density at radius 2 is 2.27 bits per heavy atom. The van der Waals surface area contributed by atoms with E-state index < -0.39 is 11.5 Å². The van der Waals surface area contributed by atoms with E-state index in [-0.39, 0.29) is 37.7 Å². The van der Waals surface area contributed by atoms with Gasteiger partial charge in [-0.25, -0.2) is 0 Å². The number of esters is 1. The molecule has 1 rings (SSSR count). The number of carbonyl (C=O) groups excluding carboxylic acids is 1. The molecule has 0 unspecified atom stereocenters. The van der Waals surface area contributed by atoms with Crippen LogP contribution < -0.4 is 5.56 Å². The second-order valence-corrected chi connectivity index (χ2v) is 2.81. The third-order valence-corrected chi connectivity index (χ3v) is 1.71. The summed E-state index contributed by atoms with van der Waals surface area (Å²) in [5.41, 5.74) is -0.598. The zero-order chi connectivity index (χ0) is 10.7. The molecule has 0 aliphatic carbocycles. The summed E-state index contributed by atoms with van der Waals surface area (Å²) >= 11 is 5.60. The summed E-state index contributed by atoms with van der Waals surface area (Å²) < 4.78 is 5.65. The minimum Gasteiger partial charge on any atom is -0.475 e. The molecule has 1 aromatic heterocycles. The van der Waals surface area contributed by atoms with Crippen LogP contribution >= 0.6 is 11.6 Å². The molecule has 83 valence electrons. The SMILES string of the molecule is CCOC(=O)c1nn(C)c(=O)[c-]c1Cl.[Re]. The van der Waals surface area contributed by atoms with Gasteiger partial charge in [0.05, 0.1) is 6.61 Å². The second kappa shape index (κ2) is 6.01. The van der Waals surface area contributed by atoms with Crippen molar-refractivity contribution in [3.63, 3.8) is 0 Å². The maximum absolute atomic E-state index is 11.2. The van der Waals surface area contributed by atoms with E-state index in [2.05, 4.69) is 15.9 Å². The predicted molar refractivity (Wildman–Crippen MR) is 49.3 cm³/mol. The van der Waals surface area contributed by atoms with Crippen LogP contribution in [0.25, 0.3) is 0 Å². The summed E-state index contributed by atoms with van der Waals surface area (Å²) in [6, 6.07) is 2.26. The van der Waals surface area contributed by atoms with Gasteiger partial charge >= 0.3 is 0 Å². The van der Waals surface area contributed by atoms with E-state index in [1.54, 1.807) is 6.92 Å². The van der Waals surface area contributed by atoms with Crippen molar-refractivity contribution in [3.05, 3.63) is 27.1 Å². The summed E-state index contributed by atoms with van der Waals surface area (Å²) in [4.78, 5) is 22.2. The fourth-order valence-corrected chi connectivity index (χ4v) is 0.999. The third-order valence-electron chi connectivity index (χ3n) is 1.44. The molecule has 0 aliphatic heterocycles. The van der Waals surface area contributed by atoms with Crippen LogP contribution in [0.3, 0.4) is 0 Å². The predicted octanol–water partition coefficient (Wildman–Crippen LogP) is 0.408. The zero-order valence-electron chi connectivity index (χ0n) is 8.08. The fraction of sp³-hybridized carbons (Fsp3) is 0.375. The molecule has 0 aromatic carbocycles. The van der Waals surface area contributed by atoms with Gasteiger partial charge in [-0.05, 0) is 6.92 Å². The summed E-state index contributed by atoms with van der Waals surface area (Å²) in [7, 11) is 1.40. The average Bonchev–Trinajstić information content (AvgIpc) is 2.11. The topological polar surface area (TPSA) is 61.2 Å². The van der Waals surface area contributed by atoms with Crippen molar-refractivity contribution >= 4 is 17.6 Å². The minimum absolute atomic E-state index is 0. The molecule has 7 heteroatoms. The van der Waals surface area contributed by atoms with Gasteiger partial charge in [-0.3, -0.25) is 19.4 Å². The first-order valence-electron chi connectivity index (χ1n) is 3.89. The number of aryl methyl sites for hydroxylation is 1. The molecular formula is C8H8ClN2O3Re-. The van der Waals surface area contributed by atoms with E-state index >= 15 is 0 Å². The molecule has 0 bridgehead atoms. The van der Waals surface area contributed by atoms with Gasteiger partial charge in [0.1, 0.15) is 0 Å². The quantitative estimate of drug-likeness (QED) is 0.532. The Balaban J connectivity index is 0.00000196. The maximum Gasteiger partial charge on any atom is 0.275 e. The number of nitrogens with zero attached hydrogens (tertiary/aromatic N) is 2. The number of hydrogen-bond acceptors (Lipinski definition) is 4. The Morgan fingerprint density at radius 1 is 1.67 bits per heavy atom. The van der Waals surface area contributed by atoms with Gasteiger partial charge in [-0.2, -0.15) is 6.07 Å². The van der Waals surface area contributed by atoms with Gasteiger partial charge in [0.25, 0.3) is 5.97 Å². The first kappa shape index (κ1) is 14.3. The first-order valence-corrected chi connectivity index (χ1v) is 4.27. The van der Waals surface area contributed by atoms with Crippen LogP contribution in [0, 0.1) is 6.07 Å². The number of aromatic nitrogens is 2. The van der Waals surface area contributed by atoms with E-state index in [0.29, 0.717) is 0 Å². The smallest absolute Gasteiger partial charge is 0.275 e. The van der Waals surface area contributed by atoms with Gasteiger partial charge in [-0.1, -0.05) is 5.02 Å². The van der Waals surface area contributed by atoms with Gasteiger partial charge in [0, 0.05) is 33.2 Å². The van der Waals surface area contributed by atoms with Gasteiger partial charge in [0.15, 0.2) is 5.56 Å². The van der Waals surface area contributed by atoms with E-state index in [1.807, 2.05) is 0 Å². The van der Waals surface area contributed by atoms with Gasteiger partial charge in [0.2, 0.25) is 0 Å². The van der Waals surface area contributed by atoms with Crippen LogP contribution in [0.15, 0.2) is 4.79 Å². The molecule has 0 atom stereocenters. The Kier molecular flexibility index (Phi) is 5.73. The normalized spacial score (nSPS) is 9.27. The van der Waals surface area contributed by atoms with Crippen LogP contribution in [0.1, 0.15) is 17.4 Å². The van der Waals surface area contributed by atoms with Crippen molar-refractivity contribution in [1.29, 1.82) is 0 Å². The number of hydrogen-bond donors (Lipinski definition) is 0. The molecule has 5 nitrogen and oxygen atoms in total. The Morgan fingerprint density at radius 3 is 2.80 bits per heavy atom. The average molecular weight is 402 g/mol. The Hall–Kier alpha value is -0.698. The van der Waals surface area contributed by atoms with E-state index in [4.69, 9.17) is 11.6 Å². The molecule has 15 heavy (non-hydrogen) atoms. The van der Waals surface area contributed by atoms with Crippen LogP contribution in [0.2, 0.25) is 5.02 Å². The van der Waals surface area contributed by atoms with E-state index in [0.717, 1.165) is 4.68 Å². The van der Waals surface area contributed by atoms with Crippen LogP contribution in [0.5, 0.6) is 0 Å². The Bertz CT molecular complexity index is 419. The summed E-state index contributed by atoms with van der Waals surface area (Å²) in [5, 5.41) is 3.54. The number of rotatable bonds is 2. The fourth-order valence-electron chi connectivity index (χ4n) is 0.803. The summed E-state index contributed by atoms with van der Waals surface area (Å²) in [5.74, 6) is -0.663. The molecule has 0 amide bonds. The molecule has 0 fully saturated rings. The van der Waals surface area contributed by atoms with Crippen molar-refractivity contribution in [1.82, 2.24) is 9.78 Å². The largest absolute Gasteiger partial charge is 0.475 e.